The van der Waals surface area contributed by atoms with Crippen LogP contribution in [-0.2, 0) is 0 Å². The van der Waals surface area contributed by atoms with Gasteiger partial charge in [0, 0.05) is 0 Å². The van der Waals surface area contributed by atoms with Gasteiger partial charge in [0.1, 0.15) is 4.47 Å². The largest absolute Gasteiger partial charge is 0.489 e. The van der Waals surface area contributed by atoms with Gasteiger partial charge in [-0.2, -0.15) is 4.39 Å². The van der Waals surface area contributed by atoms with Crippen LogP contribution >= 0.6 is 15.9 Å². The molecule has 0 aliphatic heterocycles. The van der Waals surface area contributed by atoms with E-state index >= 15 is 0 Å². The highest BCUT2D eigenvalue weighted by Gasteiger charge is 2.24. The van der Waals surface area contributed by atoms with Crippen molar-refractivity contribution in [3.63, 3.8) is 0 Å². The molecule has 0 aliphatic rings. The van der Waals surface area contributed by atoms with E-state index in [9.17, 15) is 18.9 Å². The lowest BCUT2D eigenvalue weighted by molar-refractivity contribution is -0.387. The SMILES string of the molecule is CCCCOc1c(F)cc([N+](=O)[O-])c(F)c1Br. The van der Waals surface area contributed by atoms with Gasteiger partial charge in [0.15, 0.2) is 11.6 Å². The van der Waals surface area contributed by atoms with Crippen LogP contribution in [0, 0.1) is 21.7 Å². The summed E-state index contributed by atoms with van der Waals surface area (Å²) in [6, 6.07) is 0.515. The summed E-state index contributed by atoms with van der Waals surface area (Å²) in [7, 11) is 0. The summed E-state index contributed by atoms with van der Waals surface area (Å²) in [5.74, 6) is -2.43. The van der Waals surface area contributed by atoms with Gasteiger partial charge in [-0.1, -0.05) is 13.3 Å². The Balaban J connectivity index is 3.08. The number of nitrogens with zero attached hydrogens (tertiary/aromatic N) is 1. The molecule has 94 valence electrons. The van der Waals surface area contributed by atoms with E-state index in [4.69, 9.17) is 4.74 Å². The lowest BCUT2D eigenvalue weighted by Gasteiger charge is -2.09. The summed E-state index contributed by atoms with van der Waals surface area (Å²) in [6.45, 7) is 2.15. The Morgan fingerprint density at radius 1 is 1.53 bits per heavy atom. The molecule has 1 aromatic carbocycles. The van der Waals surface area contributed by atoms with Crippen molar-refractivity contribution in [3.05, 3.63) is 32.3 Å². The van der Waals surface area contributed by atoms with Gasteiger partial charge < -0.3 is 4.74 Å². The number of unbranched alkanes of at least 4 members (excludes halogenated alkanes) is 1. The predicted molar refractivity (Wildman–Crippen MR) is 61.1 cm³/mol. The van der Waals surface area contributed by atoms with Crippen molar-refractivity contribution >= 4 is 21.6 Å². The number of hydrogen-bond donors (Lipinski definition) is 0. The number of halogens is 3. The molecule has 0 atom stereocenters. The standard InChI is InChI=1S/C10H10BrF2NO3/c1-2-3-4-17-10-6(12)5-7(14(15)16)9(13)8(10)11/h5H,2-4H2,1H3. The maximum atomic E-state index is 13.5. The van der Waals surface area contributed by atoms with E-state index in [1.165, 1.54) is 0 Å². The van der Waals surface area contributed by atoms with Crippen molar-refractivity contribution < 1.29 is 18.4 Å². The van der Waals surface area contributed by atoms with Crippen molar-refractivity contribution in [3.8, 4) is 5.75 Å². The zero-order valence-corrected chi connectivity index (χ0v) is 10.6. The molecule has 4 nitrogen and oxygen atoms in total. The zero-order chi connectivity index (χ0) is 13.0. The van der Waals surface area contributed by atoms with Gasteiger partial charge in [0.25, 0.3) is 0 Å². The Morgan fingerprint density at radius 2 is 2.18 bits per heavy atom. The van der Waals surface area contributed by atoms with E-state index in [1.54, 1.807) is 0 Å². The number of ether oxygens (including phenoxy) is 1. The molecule has 0 amide bonds. The van der Waals surface area contributed by atoms with Gasteiger partial charge in [0.05, 0.1) is 17.6 Å². The number of hydrogen-bond acceptors (Lipinski definition) is 3. The topological polar surface area (TPSA) is 52.4 Å². The van der Waals surface area contributed by atoms with Crippen LogP contribution in [0.25, 0.3) is 0 Å². The summed E-state index contributed by atoms with van der Waals surface area (Å²) in [5.41, 5.74) is -0.919. The van der Waals surface area contributed by atoms with Crippen LogP contribution in [0.2, 0.25) is 0 Å². The third kappa shape index (κ3) is 3.12. The Morgan fingerprint density at radius 3 is 2.71 bits per heavy atom. The van der Waals surface area contributed by atoms with Crippen LogP contribution in [0.3, 0.4) is 0 Å². The first-order valence-corrected chi connectivity index (χ1v) is 5.73. The molecule has 1 aromatic rings. The monoisotopic (exact) mass is 309 g/mol. The highest BCUT2D eigenvalue weighted by molar-refractivity contribution is 9.10. The second kappa shape index (κ2) is 5.90. The second-order valence-electron chi connectivity index (χ2n) is 3.29. The molecule has 0 unspecified atom stereocenters. The summed E-state index contributed by atoms with van der Waals surface area (Å²) in [5, 5.41) is 10.4. The van der Waals surface area contributed by atoms with E-state index in [-0.39, 0.29) is 16.8 Å². The Bertz CT molecular complexity index is 440. The van der Waals surface area contributed by atoms with Crippen molar-refractivity contribution in [2.24, 2.45) is 0 Å². The molecule has 0 aliphatic carbocycles. The van der Waals surface area contributed by atoms with Crippen molar-refractivity contribution in [2.75, 3.05) is 6.61 Å². The van der Waals surface area contributed by atoms with Gasteiger partial charge in [-0.25, -0.2) is 4.39 Å². The molecule has 0 spiro atoms. The van der Waals surface area contributed by atoms with Crippen LogP contribution in [0.4, 0.5) is 14.5 Å². The first-order chi connectivity index (χ1) is 7.99. The Kier molecular flexibility index (Phi) is 4.80. The lowest BCUT2D eigenvalue weighted by atomic mass is 10.2. The van der Waals surface area contributed by atoms with Gasteiger partial charge in [-0.05, 0) is 22.4 Å². The Labute approximate surface area is 105 Å². The summed E-state index contributed by atoms with van der Waals surface area (Å²) in [4.78, 5) is 9.45. The molecule has 0 radical (unpaired) electrons. The number of nitro benzene ring substituents is 1. The smallest absolute Gasteiger partial charge is 0.309 e. The maximum absolute atomic E-state index is 13.5. The minimum absolute atomic E-state index is 0.225. The van der Waals surface area contributed by atoms with E-state index in [0.29, 0.717) is 12.5 Å². The molecule has 0 N–H and O–H groups in total. The molecule has 1 rings (SSSR count). The van der Waals surface area contributed by atoms with Crippen LogP contribution in [0.5, 0.6) is 5.75 Å². The van der Waals surface area contributed by atoms with Gasteiger partial charge in [-0.3, -0.25) is 10.1 Å². The lowest BCUT2D eigenvalue weighted by Crippen LogP contribution is -2.03. The first kappa shape index (κ1) is 13.8. The third-order valence-electron chi connectivity index (χ3n) is 2.04. The normalized spacial score (nSPS) is 10.4. The molecule has 0 fully saturated rings. The summed E-state index contributed by atoms with van der Waals surface area (Å²) < 4.78 is 31.6. The molecule has 0 bridgehead atoms. The van der Waals surface area contributed by atoms with Gasteiger partial charge in [-0.15, -0.1) is 0 Å². The molecular formula is C10H10BrF2NO3. The molecule has 0 saturated heterocycles. The second-order valence-corrected chi connectivity index (χ2v) is 4.09. The third-order valence-corrected chi connectivity index (χ3v) is 2.75. The average molecular weight is 310 g/mol. The average Bonchev–Trinajstić information content (AvgIpc) is 2.28. The molecule has 0 saturated carbocycles. The van der Waals surface area contributed by atoms with E-state index in [1.807, 2.05) is 6.92 Å². The predicted octanol–water partition coefficient (Wildman–Crippen LogP) is 3.81. The highest BCUT2D eigenvalue weighted by Crippen LogP contribution is 2.36. The quantitative estimate of drug-likeness (QED) is 0.359. The number of rotatable bonds is 5. The van der Waals surface area contributed by atoms with Crippen molar-refractivity contribution in [1.82, 2.24) is 0 Å². The summed E-state index contributed by atoms with van der Waals surface area (Å²) in [6.07, 6.45) is 1.53. The Hall–Kier alpha value is -1.24. The van der Waals surface area contributed by atoms with Gasteiger partial charge >= 0.3 is 5.69 Å². The minimum atomic E-state index is -1.14. The van der Waals surface area contributed by atoms with Crippen LogP contribution in [0.1, 0.15) is 19.8 Å². The number of nitro groups is 1. The van der Waals surface area contributed by atoms with Crippen molar-refractivity contribution in [1.29, 1.82) is 0 Å². The minimum Gasteiger partial charge on any atom is -0.489 e. The highest BCUT2D eigenvalue weighted by atomic mass is 79.9. The molecule has 7 heteroatoms. The molecule has 0 aromatic heterocycles. The summed E-state index contributed by atoms with van der Waals surface area (Å²) >= 11 is 2.76. The van der Waals surface area contributed by atoms with Crippen molar-refractivity contribution in [2.45, 2.75) is 19.8 Å². The first-order valence-electron chi connectivity index (χ1n) is 4.93. The van der Waals surface area contributed by atoms with Crippen LogP contribution in [0.15, 0.2) is 10.5 Å². The fourth-order valence-corrected chi connectivity index (χ4v) is 1.66. The van der Waals surface area contributed by atoms with E-state index < -0.39 is 22.2 Å². The molecule has 0 heterocycles. The maximum Gasteiger partial charge on any atom is 0.309 e. The van der Waals surface area contributed by atoms with Crippen LogP contribution < -0.4 is 4.74 Å². The molecular weight excluding hydrogens is 300 g/mol. The fraction of sp³-hybridized carbons (Fsp3) is 0.400. The van der Waals surface area contributed by atoms with E-state index in [2.05, 4.69) is 15.9 Å². The fourth-order valence-electron chi connectivity index (χ4n) is 1.15. The van der Waals surface area contributed by atoms with E-state index in [0.717, 1.165) is 6.42 Å². The van der Waals surface area contributed by atoms with Crippen LogP contribution in [-0.4, -0.2) is 11.5 Å². The van der Waals surface area contributed by atoms with Gasteiger partial charge in [0.2, 0.25) is 5.82 Å². The molecule has 17 heavy (non-hydrogen) atoms. The number of benzene rings is 1. The zero-order valence-electron chi connectivity index (χ0n) is 9.00.